The van der Waals surface area contributed by atoms with Crippen LogP contribution in [-0.2, 0) is 39.8 Å². The molecule has 2 fully saturated rings. The molecule has 4 atom stereocenters. The average molecular weight is 469 g/mol. The zero-order valence-electron chi connectivity index (χ0n) is 20.2. The van der Waals surface area contributed by atoms with E-state index in [1.807, 2.05) is 49.4 Å². The summed E-state index contributed by atoms with van der Waals surface area (Å²) in [4.78, 5) is 38.6. The van der Waals surface area contributed by atoms with Crippen LogP contribution in [0.2, 0.25) is 0 Å². The summed E-state index contributed by atoms with van der Waals surface area (Å²) < 4.78 is 22.4. The van der Waals surface area contributed by atoms with Gasteiger partial charge < -0.3 is 18.9 Å². The van der Waals surface area contributed by atoms with Gasteiger partial charge in [0, 0.05) is 0 Å². The maximum absolute atomic E-state index is 13.5. The molecule has 2 saturated heterocycles. The number of hydrogen-bond acceptors (Lipinski definition) is 7. The molecule has 2 heterocycles. The minimum absolute atomic E-state index is 0.190. The molecule has 0 aromatic heterocycles. The number of hydrogen-bond donors (Lipinski definition) is 0. The predicted octanol–water partition coefficient (Wildman–Crippen LogP) is 4.14. The van der Waals surface area contributed by atoms with Gasteiger partial charge in [-0.15, -0.1) is 0 Å². The molecule has 0 radical (unpaired) electrons. The molecule has 0 spiro atoms. The lowest BCUT2D eigenvalue weighted by Gasteiger charge is -2.30. The van der Waals surface area contributed by atoms with Crippen molar-refractivity contribution in [3.05, 3.63) is 48.0 Å². The van der Waals surface area contributed by atoms with Gasteiger partial charge in [-0.05, 0) is 49.9 Å². The van der Waals surface area contributed by atoms with Crippen molar-refractivity contribution >= 4 is 28.5 Å². The zero-order valence-corrected chi connectivity index (χ0v) is 20.2. The second kappa shape index (κ2) is 9.47. The molecule has 0 saturated carbocycles. The summed E-state index contributed by atoms with van der Waals surface area (Å²) in [5, 5.41) is 2.14. The number of unbranched alkanes of at least 4 members (excludes halogenated alkanes) is 1. The number of Topliss-reactive ketones (excluding diaryl/α,β-unsaturated/α-hetero) is 1. The van der Waals surface area contributed by atoms with Crippen LogP contribution in [-0.4, -0.2) is 48.4 Å². The lowest BCUT2D eigenvalue weighted by molar-refractivity contribution is -0.192. The molecule has 7 nitrogen and oxygen atoms in total. The molecule has 4 rings (SSSR count). The molecule has 2 aromatic carbocycles. The van der Waals surface area contributed by atoms with E-state index in [1.165, 1.54) is 6.92 Å². The predicted molar refractivity (Wildman–Crippen MR) is 125 cm³/mol. The molecule has 34 heavy (non-hydrogen) atoms. The molecule has 0 N–H and O–H groups in total. The van der Waals surface area contributed by atoms with Crippen molar-refractivity contribution < 1.29 is 33.3 Å². The summed E-state index contributed by atoms with van der Waals surface area (Å²) in [6.07, 6.45) is -0.101. The van der Waals surface area contributed by atoms with Gasteiger partial charge in [-0.1, -0.05) is 62.2 Å². The second-order valence-corrected chi connectivity index (χ2v) is 9.69. The normalized spacial score (nSPS) is 24.9. The molecule has 0 unspecified atom stereocenters. The first-order valence-electron chi connectivity index (χ1n) is 11.9. The third-order valence-electron chi connectivity index (χ3n) is 6.72. The first-order valence-corrected chi connectivity index (χ1v) is 11.9. The van der Waals surface area contributed by atoms with Crippen LogP contribution in [0.5, 0.6) is 0 Å². The van der Waals surface area contributed by atoms with Crippen LogP contribution in [0, 0.1) is 5.41 Å². The minimum atomic E-state index is -1.31. The summed E-state index contributed by atoms with van der Waals surface area (Å²) >= 11 is 0. The number of benzene rings is 2. The van der Waals surface area contributed by atoms with Crippen molar-refractivity contribution in [1.29, 1.82) is 0 Å². The largest absolute Gasteiger partial charge is 0.461 e. The molecular formula is C27H32O7. The summed E-state index contributed by atoms with van der Waals surface area (Å²) in [6, 6.07) is 13.9. The Bertz CT molecular complexity index is 1090. The lowest BCUT2D eigenvalue weighted by atomic mass is 9.74. The van der Waals surface area contributed by atoms with Crippen molar-refractivity contribution in [3.8, 4) is 0 Å². The van der Waals surface area contributed by atoms with Gasteiger partial charge in [-0.2, -0.15) is 0 Å². The molecule has 0 aliphatic carbocycles. The summed E-state index contributed by atoms with van der Waals surface area (Å²) in [7, 11) is 0. The van der Waals surface area contributed by atoms with Gasteiger partial charge in [0.05, 0.1) is 0 Å². The highest BCUT2D eigenvalue weighted by Crippen LogP contribution is 2.37. The molecule has 2 aromatic rings. The van der Waals surface area contributed by atoms with Crippen LogP contribution in [0.1, 0.15) is 52.5 Å². The van der Waals surface area contributed by atoms with Crippen LogP contribution in [0.25, 0.3) is 10.8 Å². The summed E-state index contributed by atoms with van der Waals surface area (Å²) in [5.74, 6) is -2.28. The fourth-order valence-corrected chi connectivity index (χ4v) is 4.83. The van der Waals surface area contributed by atoms with Crippen LogP contribution in [0.3, 0.4) is 0 Å². The van der Waals surface area contributed by atoms with Crippen molar-refractivity contribution in [2.24, 2.45) is 5.41 Å². The third-order valence-corrected chi connectivity index (χ3v) is 6.72. The van der Waals surface area contributed by atoms with E-state index in [4.69, 9.17) is 18.9 Å². The first kappa shape index (κ1) is 24.4. The van der Waals surface area contributed by atoms with E-state index in [0.29, 0.717) is 12.8 Å². The molecule has 2 aliphatic heterocycles. The third kappa shape index (κ3) is 4.72. The Labute approximate surface area is 199 Å². The van der Waals surface area contributed by atoms with Crippen LogP contribution >= 0.6 is 0 Å². The number of rotatable bonds is 9. The highest BCUT2D eigenvalue weighted by Gasteiger charge is 2.56. The van der Waals surface area contributed by atoms with E-state index in [9.17, 15) is 14.4 Å². The van der Waals surface area contributed by atoms with Gasteiger partial charge in [-0.3, -0.25) is 9.59 Å². The van der Waals surface area contributed by atoms with Gasteiger partial charge >= 0.3 is 11.9 Å². The summed E-state index contributed by atoms with van der Waals surface area (Å²) in [5.41, 5.74) is -0.421. The highest BCUT2D eigenvalue weighted by atomic mass is 16.8. The maximum Gasteiger partial charge on any atom is 0.338 e. The van der Waals surface area contributed by atoms with Gasteiger partial charge in [0.15, 0.2) is 18.0 Å². The minimum Gasteiger partial charge on any atom is -0.461 e. The van der Waals surface area contributed by atoms with Crippen molar-refractivity contribution in [2.75, 3.05) is 6.61 Å². The summed E-state index contributed by atoms with van der Waals surface area (Å²) in [6.45, 7) is 6.71. The molecule has 0 bridgehead atoms. The van der Waals surface area contributed by atoms with E-state index in [2.05, 4.69) is 0 Å². The standard InChI is InChI=1S/C27H32O7/c1-5-6-13-27(17(2)28,15-18-11-12-19-9-7-8-10-20(19)14-18)25(30)31-16-21-22-23(24(29)32-21)34-26(3,4)33-22/h7-12,14,21-23H,5-6,13,15-16H2,1-4H3/t21-,22-,23-,27+/m1/s1. The van der Waals surface area contributed by atoms with Crippen molar-refractivity contribution in [1.82, 2.24) is 0 Å². The molecule has 182 valence electrons. The fourth-order valence-electron chi connectivity index (χ4n) is 4.83. The number of carbonyl (C=O) groups excluding carboxylic acids is 3. The molecular weight excluding hydrogens is 436 g/mol. The van der Waals surface area contributed by atoms with Crippen LogP contribution in [0.4, 0.5) is 0 Å². The van der Waals surface area contributed by atoms with Gasteiger partial charge in [0.1, 0.15) is 23.9 Å². The van der Waals surface area contributed by atoms with Gasteiger partial charge in [0.2, 0.25) is 0 Å². The topological polar surface area (TPSA) is 88.1 Å². The van der Waals surface area contributed by atoms with E-state index in [1.54, 1.807) is 13.8 Å². The Balaban J connectivity index is 1.54. The smallest absolute Gasteiger partial charge is 0.338 e. The molecule has 7 heteroatoms. The number of ketones is 1. The fraction of sp³-hybridized carbons (Fsp3) is 0.519. The van der Waals surface area contributed by atoms with Crippen molar-refractivity contribution in [3.63, 3.8) is 0 Å². The number of esters is 2. The monoisotopic (exact) mass is 468 g/mol. The van der Waals surface area contributed by atoms with E-state index in [-0.39, 0.29) is 18.8 Å². The van der Waals surface area contributed by atoms with Crippen molar-refractivity contribution in [2.45, 2.75) is 77.5 Å². The number of ether oxygens (including phenoxy) is 4. The molecule has 2 aliphatic rings. The van der Waals surface area contributed by atoms with Crippen LogP contribution < -0.4 is 0 Å². The Kier molecular flexibility index (Phi) is 6.78. The Morgan fingerprint density at radius 3 is 2.53 bits per heavy atom. The van der Waals surface area contributed by atoms with E-state index < -0.39 is 41.5 Å². The van der Waals surface area contributed by atoms with Gasteiger partial charge in [0.25, 0.3) is 0 Å². The van der Waals surface area contributed by atoms with E-state index in [0.717, 1.165) is 22.8 Å². The number of cyclic esters (lactones) is 1. The Morgan fingerprint density at radius 2 is 1.82 bits per heavy atom. The second-order valence-electron chi connectivity index (χ2n) is 9.69. The Hall–Kier alpha value is -2.77. The SMILES string of the molecule is CCCC[C@](Cc1ccc2ccccc2c1)(C(C)=O)C(=O)OC[C@H]1OC(=O)[C@@H]2OC(C)(C)O[C@H]12. The maximum atomic E-state index is 13.5. The Morgan fingerprint density at radius 1 is 1.09 bits per heavy atom. The zero-order chi connectivity index (χ0) is 24.5. The average Bonchev–Trinajstić information content (AvgIpc) is 3.27. The van der Waals surface area contributed by atoms with Gasteiger partial charge in [-0.25, -0.2) is 4.79 Å². The molecule has 0 amide bonds. The lowest BCUT2D eigenvalue weighted by Crippen LogP contribution is -2.43. The first-order chi connectivity index (χ1) is 16.1. The quantitative estimate of drug-likeness (QED) is 0.404. The van der Waals surface area contributed by atoms with E-state index >= 15 is 0 Å². The highest BCUT2D eigenvalue weighted by molar-refractivity contribution is 6.03. The number of fused-ring (bicyclic) bond motifs is 2. The number of carbonyl (C=O) groups is 3. The van der Waals surface area contributed by atoms with Crippen LogP contribution in [0.15, 0.2) is 42.5 Å².